The number of carbonyl (C=O) groups excluding carboxylic acids is 3. The number of amides is 2. The lowest BCUT2D eigenvalue weighted by molar-refractivity contribution is -0.175. The molecule has 35 heavy (non-hydrogen) atoms. The molecule has 0 spiro atoms. The van der Waals surface area contributed by atoms with Crippen LogP contribution >= 0.6 is 0 Å². The van der Waals surface area contributed by atoms with Gasteiger partial charge in [0.1, 0.15) is 11.6 Å². The SMILES string of the molecule is COc1ccc(C23C[C@@H]4C[C@@H](CC(C(=O)OCC(=O)NNC(=O)c5ccccc5)(C4)C2)C3)c(F)c1. The number of hydrazine groups is 1. The van der Waals surface area contributed by atoms with Gasteiger partial charge in [-0.25, -0.2) is 4.39 Å². The molecule has 4 atom stereocenters. The average molecular weight is 481 g/mol. The van der Waals surface area contributed by atoms with Crippen molar-refractivity contribution < 1.29 is 28.2 Å². The zero-order valence-electron chi connectivity index (χ0n) is 19.6. The van der Waals surface area contributed by atoms with E-state index in [0.717, 1.165) is 19.3 Å². The number of ether oxygens (including phenoxy) is 2. The smallest absolute Gasteiger partial charge is 0.312 e. The van der Waals surface area contributed by atoms with E-state index in [1.165, 1.54) is 13.2 Å². The van der Waals surface area contributed by atoms with Gasteiger partial charge in [-0.2, -0.15) is 0 Å². The summed E-state index contributed by atoms with van der Waals surface area (Å²) < 4.78 is 25.7. The van der Waals surface area contributed by atoms with E-state index >= 15 is 4.39 Å². The Morgan fingerprint density at radius 1 is 1.00 bits per heavy atom. The fraction of sp³-hybridized carbons (Fsp3) is 0.444. The highest BCUT2D eigenvalue weighted by molar-refractivity contribution is 5.95. The Hall–Kier alpha value is -3.42. The van der Waals surface area contributed by atoms with Gasteiger partial charge in [0, 0.05) is 11.6 Å². The second-order valence-corrected chi connectivity index (χ2v) is 10.3. The molecule has 6 rings (SSSR count). The number of esters is 1. The predicted molar refractivity (Wildman–Crippen MR) is 125 cm³/mol. The molecule has 0 heterocycles. The molecular weight excluding hydrogens is 451 g/mol. The Bertz CT molecular complexity index is 1140. The average Bonchev–Trinajstić information content (AvgIpc) is 2.85. The van der Waals surface area contributed by atoms with E-state index in [0.29, 0.717) is 48.0 Å². The van der Waals surface area contributed by atoms with Crippen LogP contribution in [0.25, 0.3) is 0 Å². The van der Waals surface area contributed by atoms with Gasteiger partial charge < -0.3 is 9.47 Å². The molecule has 4 fully saturated rings. The van der Waals surface area contributed by atoms with Crippen molar-refractivity contribution in [3.8, 4) is 5.75 Å². The van der Waals surface area contributed by atoms with E-state index < -0.39 is 35.2 Å². The maximum Gasteiger partial charge on any atom is 0.312 e. The van der Waals surface area contributed by atoms with Gasteiger partial charge in [0.2, 0.25) is 0 Å². The maximum atomic E-state index is 15.1. The van der Waals surface area contributed by atoms with Crippen LogP contribution in [0.4, 0.5) is 4.39 Å². The summed E-state index contributed by atoms with van der Waals surface area (Å²) in [4.78, 5) is 37.6. The van der Waals surface area contributed by atoms with Crippen LogP contribution in [0.2, 0.25) is 0 Å². The summed E-state index contributed by atoms with van der Waals surface area (Å²) in [6.07, 6.45) is 4.67. The molecule has 7 nitrogen and oxygen atoms in total. The Morgan fingerprint density at radius 2 is 1.71 bits per heavy atom. The van der Waals surface area contributed by atoms with Gasteiger partial charge in [-0.15, -0.1) is 0 Å². The number of carbonyl (C=O) groups is 3. The summed E-state index contributed by atoms with van der Waals surface area (Å²) in [6, 6.07) is 13.4. The van der Waals surface area contributed by atoms with Crippen LogP contribution < -0.4 is 15.6 Å². The van der Waals surface area contributed by atoms with E-state index in [9.17, 15) is 14.4 Å². The molecule has 2 amide bonds. The minimum Gasteiger partial charge on any atom is -0.497 e. The second kappa shape index (κ2) is 8.98. The van der Waals surface area contributed by atoms with Crippen LogP contribution in [-0.4, -0.2) is 31.5 Å². The quantitative estimate of drug-likeness (QED) is 0.486. The predicted octanol–water partition coefficient (Wildman–Crippen LogP) is 3.68. The first kappa shape index (κ1) is 23.3. The normalized spacial score (nSPS) is 28.3. The zero-order valence-corrected chi connectivity index (χ0v) is 19.6. The number of rotatable bonds is 6. The van der Waals surface area contributed by atoms with Gasteiger partial charge in [0.25, 0.3) is 11.8 Å². The summed E-state index contributed by atoms with van der Waals surface area (Å²) in [5.74, 6) is -0.681. The third kappa shape index (κ3) is 4.37. The lowest BCUT2D eigenvalue weighted by Gasteiger charge is -2.61. The van der Waals surface area contributed by atoms with Gasteiger partial charge in [0.05, 0.1) is 12.5 Å². The summed E-state index contributed by atoms with van der Waals surface area (Å²) in [5.41, 5.74) is 4.52. The van der Waals surface area contributed by atoms with Crippen molar-refractivity contribution in [2.45, 2.75) is 43.9 Å². The minimum absolute atomic E-state index is 0.302. The number of halogens is 1. The molecule has 0 aliphatic heterocycles. The van der Waals surface area contributed by atoms with Gasteiger partial charge in [-0.05, 0) is 79.5 Å². The number of hydrogen-bond donors (Lipinski definition) is 2. The molecule has 2 aromatic rings. The minimum atomic E-state index is -0.718. The number of methoxy groups -OCH3 is 1. The van der Waals surface area contributed by atoms with Gasteiger partial charge in [0.15, 0.2) is 6.61 Å². The highest BCUT2D eigenvalue weighted by Gasteiger charge is 2.62. The summed E-state index contributed by atoms with van der Waals surface area (Å²) in [6.45, 7) is -0.491. The van der Waals surface area contributed by atoms with E-state index in [2.05, 4.69) is 10.9 Å². The lowest BCUT2D eigenvalue weighted by Crippen LogP contribution is -2.57. The Kier molecular flexibility index (Phi) is 5.99. The van der Waals surface area contributed by atoms with Gasteiger partial charge in [-0.3, -0.25) is 25.2 Å². The number of benzene rings is 2. The zero-order chi connectivity index (χ0) is 24.6. The monoisotopic (exact) mass is 480 g/mol. The number of nitrogens with one attached hydrogen (secondary N) is 2. The molecule has 4 aliphatic carbocycles. The Morgan fingerprint density at radius 3 is 2.37 bits per heavy atom. The topological polar surface area (TPSA) is 93.7 Å². The third-order valence-corrected chi connectivity index (χ3v) is 7.93. The van der Waals surface area contributed by atoms with Crippen LogP contribution in [0.15, 0.2) is 48.5 Å². The van der Waals surface area contributed by atoms with Crippen LogP contribution in [0.5, 0.6) is 5.75 Å². The Balaban J connectivity index is 1.24. The van der Waals surface area contributed by atoms with Gasteiger partial charge in [-0.1, -0.05) is 24.3 Å². The highest BCUT2D eigenvalue weighted by Crippen LogP contribution is 2.66. The third-order valence-electron chi connectivity index (χ3n) is 7.93. The highest BCUT2D eigenvalue weighted by atomic mass is 19.1. The van der Waals surface area contributed by atoms with Crippen molar-refractivity contribution in [2.75, 3.05) is 13.7 Å². The maximum absolute atomic E-state index is 15.1. The molecule has 0 radical (unpaired) electrons. The van der Waals surface area contributed by atoms with Crippen molar-refractivity contribution in [1.82, 2.24) is 10.9 Å². The molecular formula is C27H29FN2O5. The van der Waals surface area contributed by atoms with Crippen molar-refractivity contribution >= 4 is 17.8 Å². The molecule has 0 aromatic heterocycles. The molecule has 4 aliphatic rings. The van der Waals surface area contributed by atoms with E-state index in [1.54, 1.807) is 42.5 Å². The second-order valence-electron chi connectivity index (χ2n) is 10.3. The summed E-state index contributed by atoms with van der Waals surface area (Å²) in [5, 5.41) is 0. The van der Waals surface area contributed by atoms with E-state index in [4.69, 9.17) is 9.47 Å². The number of hydrogen-bond acceptors (Lipinski definition) is 5. The molecule has 4 saturated carbocycles. The molecule has 2 N–H and O–H groups in total. The molecule has 0 saturated heterocycles. The van der Waals surface area contributed by atoms with Crippen molar-refractivity contribution in [1.29, 1.82) is 0 Å². The van der Waals surface area contributed by atoms with Crippen LogP contribution in [0, 0.1) is 23.1 Å². The molecule has 4 bridgehead atoms. The van der Waals surface area contributed by atoms with Gasteiger partial charge >= 0.3 is 5.97 Å². The van der Waals surface area contributed by atoms with Crippen molar-refractivity contribution in [3.05, 3.63) is 65.5 Å². The Labute approximate surface area is 203 Å². The first-order valence-corrected chi connectivity index (χ1v) is 12.0. The molecule has 2 aromatic carbocycles. The van der Waals surface area contributed by atoms with Crippen molar-refractivity contribution in [3.63, 3.8) is 0 Å². The molecule has 2 unspecified atom stereocenters. The van der Waals surface area contributed by atoms with Crippen LogP contribution in [0.3, 0.4) is 0 Å². The first-order chi connectivity index (χ1) is 16.8. The summed E-state index contributed by atoms with van der Waals surface area (Å²) in [7, 11) is 1.51. The fourth-order valence-electron chi connectivity index (χ4n) is 6.98. The fourth-order valence-corrected chi connectivity index (χ4v) is 6.98. The first-order valence-electron chi connectivity index (χ1n) is 12.0. The standard InChI is InChI=1S/C27H29FN2O5/c1-34-20-7-8-21(22(28)10-20)26-11-17-9-18(12-26)14-27(13-17,16-26)25(33)35-15-23(31)29-30-24(32)19-5-3-2-4-6-19/h2-8,10,17-18H,9,11-16H2,1H3,(H,29,31)(H,30,32)/t17-,18+,26?,27?. The van der Waals surface area contributed by atoms with Crippen molar-refractivity contribution in [2.24, 2.45) is 17.3 Å². The molecule has 184 valence electrons. The van der Waals surface area contributed by atoms with Crippen LogP contribution in [0.1, 0.15) is 54.4 Å². The largest absolute Gasteiger partial charge is 0.497 e. The molecule has 8 heteroatoms. The van der Waals surface area contributed by atoms with Crippen LogP contribution in [-0.2, 0) is 19.7 Å². The van der Waals surface area contributed by atoms with E-state index in [1.807, 2.05) is 0 Å². The summed E-state index contributed by atoms with van der Waals surface area (Å²) >= 11 is 0. The lowest BCUT2D eigenvalue weighted by atomic mass is 9.43. The van der Waals surface area contributed by atoms with E-state index in [-0.39, 0.29) is 5.82 Å².